The molecule has 1 unspecified atom stereocenters. The van der Waals surface area contributed by atoms with Gasteiger partial charge in [-0.05, 0) is 48.4 Å². The summed E-state index contributed by atoms with van der Waals surface area (Å²) in [5, 5.41) is 4.91. The van der Waals surface area contributed by atoms with Crippen molar-refractivity contribution in [3.63, 3.8) is 0 Å². The molecule has 2 aliphatic rings. The minimum Gasteiger partial charge on any atom is -0.480 e. The number of hydrogen-bond donors (Lipinski definition) is 0. The summed E-state index contributed by atoms with van der Waals surface area (Å²) in [7, 11) is 1.62. The zero-order valence-corrected chi connectivity index (χ0v) is 19.2. The molecule has 170 valence electrons. The van der Waals surface area contributed by atoms with Gasteiger partial charge in [0.05, 0.1) is 18.8 Å². The van der Waals surface area contributed by atoms with Crippen molar-refractivity contribution in [2.75, 3.05) is 13.7 Å². The lowest BCUT2D eigenvalue weighted by molar-refractivity contribution is 0.0632. The summed E-state index contributed by atoms with van der Waals surface area (Å²) >= 11 is 0. The van der Waals surface area contributed by atoms with E-state index in [2.05, 4.69) is 29.2 Å². The molecule has 1 saturated carbocycles. The van der Waals surface area contributed by atoms with E-state index in [0.29, 0.717) is 29.6 Å². The number of hydrogen-bond acceptors (Lipinski definition) is 3. The van der Waals surface area contributed by atoms with E-state index in [1.807, 2.05) is 60.7 Å². The number of para-hydroxylation sites is 1. The normalized spacial score (nSPS) is 17.3. The molecule has 0 spiro atoms. The number of rotatable bonds is 5. The molecule has 0 radical (unpaired) electrons. The Balaban J connectivity index is 1.51. The summed E-state index contributed by atoms with van der Waals surface area (Å²) in [4.78, 5) is 16.4. The minimum absolute atomic E-state index is 0.00992. The van der Waals surface area contributed by atoms with E-state index in [4.69, 9.17) is 9.84 Å². The first kappa shape index (κ1) is 20.7. The lowest BCUT2D eigenvalue weighted by Crippen LogP contribution is -2.41. The molecule has 0 N–H and O–H groups in total. The van der Waals surface area contributed by atoms with Gasteiger partial charge in [0.25, 0.3) is 5.91 Å². The maximum absolute atomic E-state index is 14.4. The third-order valence-corrected chi connectivity index (χ3v) is 6.96. The summed E-state index contributed by atoms with van der Waals surface area (Å²) in [6.45, 7) is 0.699. The number of amides is 1. The monoisotopic (exact) mass is 449 g/mol. The molecule has 1 fully saturated rings. The Kier molecular flexibility index (Phi) is 5.17. The van der Waals surface area contributed by atoms with Crippen molar-refractivity contribution in [3.05, 3.63) is 102 Å². The van der Waals surface area contributed by atoms with Crippen molar-refractivity contribution < 1.29 is 9.53 Å². The van der Waals surface area contributed by atoms with Crippen molar-refractivity contribution in [2.24, 2.45) is 5.92 Å². The van der Waals surface area contributed by atoms with Crippen molar-refractivity contribution in [2.45, 2.75) is 25.3 Å². The second-order valence-electron chi connectivity index (χ2n) is 9.08. The zero-order valence-electron chi connectivity index (χ0n) is 19.2. The van der Waals surface area contributed by atoms with Crippen LogP contribution in [0.1, 0.15) is 40.4 Å². The van der Waals surface area contributed by atoms with Crippen LogP contribution in [0.4, 0.5) is 0 Å². The van der Waals surface area contributed by atoms with Crippen LogP contribution in [-0.4, -0.2) is 34.2 Å². The molecule has 2 heterocycles. The van der Waals surface area contributed by atoms with E-state index < -0.39 is 0 Å². The Labute approximate surface area is 199 Å². The average Bonchev–Trinajstić information content (AvgIpc) is 3.67. The molecule has 1 amide bonds. The molecule has 1 aliphatic heterocycles. The van der Waals surface area contributed by atoms with Crippen LogP contribution < -0.4 is 4.74 Å². The maximum Gasteiger partial charge on any atom is 0.262 e. The Morgan fingerprint density at radius 1 is 0.912 bits per heavy atom. The van der Waals surface area contributed by atoms with Crippen LogP contribution in [0, 0.1) is 5.92 Å². The first-order valence-electron chi connectivity index (χ1n) is 11.9. The molecule has 1 aliphatic carbocycles. The van der Waals surface area contributed by atoms with Gasteiger partial charge in [0.1, 0.15) is 11.3 Å². The molecular formula is C29H27N3O2. The van der Waals surface area contributed by atoms with Crippen molar-refractivity contribution >= 4 is 5.91 Å². The standard InChI is InChI=1S/C29H27N3O2/c1-34-29-25(26(21-11-4-2-5-12-21)30-32(29)23-13-6-3-7-14-23)28(33)31-19-18-20-10-8-9-15-24(20)27(31)22-16-17-22/h2-15,22,27H,16-19H2,1H3. The molecule has 4 aromatic rings. The molecule has 1 aromatic heterocycles. The molecule has 6 rings (SSSR count). The van der Waals surface area contributed by atoms with Crippen LogP contribution in [-0.2, 0) is 6.42 Å². The molecule has 1 atom stereocenters. The van der Waals surface area contributed by atoms with E-state index in [0.717, 1.165) is 30.5 Å². The smallest absolute Gasteiger partial charge is 0.262 e. The van der Waals surface area contributed by atoms with Gasteiger partial charge in [-0.2, -0.15) is 9.78 Å². The second kappa shape index (κ2) is 8.49. The van der Waals surface area contributed by atoms with Crippen LogP contribution in [0.15, 0.2) is 84.9 Å². The van der Waals surface area contributed by atoms with Gasteiger partial charge in [-0.3, -0.25) is 4.79 Å². The third-order valence-electron chi connectivity index (χ3n) is 6.96. The van der Waals surface area contributed by atoms with Gasteiger partial charge in [0, 0.05) is 12.1 Å². The fourth-order valence-electron chi connectivity index (χ4n) is 5.22. The van der Waals surface area contributed by atoms with Gasteiger partial charge in [0.2, 0.25) is 5.88 Å². The van der Waals surface area contributed by atoms with E-state index in [1.165, 1.54) is 11.1 Å². The summed E-state index contributed by atoms with van der Waals surface area (Å²) in [5.74, 6) is 0.980. The molecule has 3 aromatic carbocycles. The lowest BCUT2D eigenvalue weighted by Gasteiger charge is -2.38. The number of nitrogens with zero attached hydrogens (tertiary/aromatic N) is 3. The summed E-state index contributed by atoms with van der Waals surface area (Å²) < 4.78 is 7.63. The van der Waals surface area contributed by atoms with Crippen LogP contribution >= 0.6 is 0 Å². The highest BCUT2D eigenvalue weighted by molar-refractivity contribution is 6.03. The summed E-state index contributed by atoms with van der Waals surface area (Å²) in [6, 6.07) is 28.4. The van der Waals surface area contributed by atoms with E-state index in [1.54, 1.807) is 11.8 Å². The van der Waals surface area contributed by atoms with Crippen molar-refractivity contribution in [1.82, 2.24) is 14.7 Å². The van der Waals surface area contributed by atoms with Crippen molar-refractivity contribution in [3.8, 4) is 22.8 Å². The van der Waals surface area contributed by atoms with E-state index >= 15 is 0 Å². The Morgan fingerprint density at radius 2 is 1.59 bits per heavy atom. The third kappa shape index (κ3) is 3.48. The van der Waals surface area contributed by atoms with Crippen LogP contribution in [0.5, 0.6) is 5.88 Å². The number of carbonyl (C=O) groups excluding carboxylic acids is 1. The average molecular weight is 450 g/mol. The Hall–Kier alpha value is -3.86. The van der Waals surface area contributed by atoms with Gasteiger partial charge in [0.15, 0.2) is 0 Å². The number of fused-ring (bicyclic) bond motifs is 1. The van der Waals surface area contributed by atoms with E-state index in [9.17, 15) is 4.79 Å². The fraction of sp³-hybridized carbons (Fsp3) is 0.241. The summed E-state index contributed by atoms with van der Waals surface area (Å²) in [5.41, 5.74) is 5.60. The first-order chi connectivity index (χ1) is 16.8. The van der Waals surface area contributed by atoms with Crippen LogP contribution in [0.3, 0.4) is 0 Å². The highest BCUT2D eigenvalue weighted by Gasteiger charge is 2.43. The predicted molar refractivity (Wildman–Crippen MR) is 132 cm³/mol. The Morgan fingerprint density at radius 3 is 2.29 bits per heavy atom. The number of carbonyl (C=O) groups is 1. The topological polar surface area (TPSA) is 47.4 Å². The van der Waals surface area contributed by atoms with Gasteiger partial charge < -0.3 is 9.64 Å². The van der Waals surface area contributed by atoms with Gasteiger partial charge in [-0.1, -0.05) is 72.8 Å². The van der Waals surface area contributed by atoms with Gasteiger partial charge in [-0.15, -0.1) is 0 Å². The predicted octanol–water partition coefficient (Wildman–Crippen LogP) is 5.70. The largest absolute Gasteiger partial charge is 0.480 e. The molecular weight excluding hydrogens is 422 g/mol. The first-order valence-corrected chi connectivity index (χ1v) is 11.9. The molecule has 0 saturated heterocycles. The Bertz CT molecular complexity index is 1330. The number of aromatic nitrogens is 2. The molecule has 0 bridgehead atoms. The maximum atomic E-state index is 14.4. The second-order valence-corrected chi connectivity index (χ2v) is 9.08. The SMILES string of the molecule is COc1c(C(=O)N2CCc3ccccc3C2C2CC2)c(-c2ccccc2)nn1-c1ccccc1. The molecule has 5 nitrogen and oxygen atoms in total. The van der Waals surface area contributed by atoms with Crippen LogP contribution in [0.25, 0.3) is 16.9 Å². The summed E-state index contributed by atoms with van der Waals surface area (Å²) in [6.07, 6.45) is 3.18. The minimum atomic E-state index is -0.00992. The number of benzene rings is 3. The van der Waals surface area contributed by atoms with E-state index in [-0.39, 0.29) is 11.9 Å². The highest BCUT2D eigenvalue weighted by atomic mass is 16.5. The fourth-order valence-corrected chi connectivity index (χ4v) is 5.22. The number of methoxy groups -OCH3 is 1. The van der Waals surface area contributed by atoms with Gasteiger partial charge in [-0.25, -0.2) is 0 Å². The molecule has 34 heavy (non-hydrogen) atoms. The van der Waals surface area contributed by atoms with Crippen molar-refractivity contribution in [1.29, 1.82) is 0 Å². The van der Waals surface area contributed by atoms with Crippen LogP contribution in [0.2, 0.25) is 0 Å². The zero-order chi connectivity index (χ0) is 23.1. The highest BCUT2D eigenvalue weighted by Crippen LogP contribution is 2.48. The van der Waals surface area contributed by atoms with Gasteiger partial charge >= 0.3 is 0 Å². The number of ether oxygens (including phenoxy) is 1. The lowest BCUT2D eigenvalue weighted by atomic mass is 9.89. The molecule has 5 heteroatoms. The quantitative estimate of drug-likeness (QED) is 0.393.